The summed E-state index contributed by atoms with van der Waals surface area (Å²) in [4.78, 5) is 0. The Morgan fingerprint density at radius 2 is 1.80 bits per heavy atom. The van der Waals surface area contributed by atoms with Crippen molar-refractivity contribution in [2.45, 2.75) is 0 Å². The van der Waals surface area contributed by atoms with Crippen molar-refractivity contribution < 1.29 is 8.78 Å². The molecule has 0 fully saturated rings. The van der Waals surface area contributed by atoms with E-state index in [-0.39, 0.29) is 10.3 Å². The van der Waals surface area contributed by atoms with Crippen LogP contribution in [0.3, 0.4) is 0 Å². The molecular formula is C9H6BrF2N3. The number of aromatic amines is 1. The highest BCUT2D eigenvalue weighted by Gasteiger charge is 2.10. The molecule has 0 aliphatic carbocycles. The first-order chi connectivity index (χ1) is 7.08. The Bertz CT molecular complexity index is 487. The van der Waals surface area contributed by atoms with Crippen LogP contribution in [0.5, 0.6) is 0 Å². The summed E-state index contributed by atoms with van der Waals surface area (Å²) in [5, 5.41) is 6.24. The van der Waals surface area contributed by atoms with E-state index >= 15 is 0 Å². The molecule has 1 aromatic carbocycles. The first-order valence-electron chi connectivity index (χ1n) is 4.03. The van der Waals surface area contributed by atoms with Crippen LogP contribution in [0, 0.1) is 11.6 Å². The molecule has 0 amide bonds. The van der Waals surface area contributed by atoms with Gasteiger partial charge in [-0.3, -0.25) is 5.10 Å². The Morgan fingerprint density at radius 1 is 1.20 bits per heavy atom. The first kappa shape index (κ1) is 10.1. The number of nitrogen functional groups attached to an aromatic ring is 1. The van der Waals surface area contributed by atoms with Gasteiger partial charge in [0.1, 0.15) is 17.5 Å². The van der Waals surface area contributed by atoms with E-state index in [9.17, 15) is 8.78 Å². The molecule has 3 N–H and O–H groups in total. The van der Waals surface area contributed by atoms with Gasteiger partial charge in [0.05, 0.1) is 10.2 Å². The fraction of sp³-hybridized carbons (Fsp3) is 0. The van der Waals surface area contributed by atoms with Crippen LogP contribution in [0.2, 0.25) is 0 Å². The fourth-order valence-electron chi connectivity index (χ4n) is 1.20. The van der Waals surface area contributed by atoms with E-state index in [0.29, 0.717) is 11.3 Å². The number of aromatic nitrogens is 2. The normalized spacial score (nSPS) is 10.6. The van der Waals surface area contributed by atoms with Gasteiger partial charge in [0, 0.05) is 11.6 Å². The minimum Gasteiger partial charge on any atom is -0.382 e. The third-order valence-electron chi connectivity index (χ3n) is 1.89. The van der Waals surface area contributed by atoms with Gasteiger partial charge in [0.2, 0.25) is 0 Å². The number of nitrogens with two attached hydrogens (primary N) is 1. The Labute approximate surface area is 92.4 Å². The summed E-state index contributed by atoms with van der Waals surface area (Å²) in [6.07, 6.45) is 0. The minimum absolute atomic E-state index is 0.182. The third-order valence-corrected chi connectivity index (χ3v) is 2.65. The fourth-order valence-corrected chi connectivity index (χ4v) is 1.43. The zero-order valence-electron chi connectivity index (χ0n) is 7.39. The third kappa shape index (κ3) is 1.85. The molecule has 2 rings (SSSR count). The topological polar surface area (TPSA) is 54.7 Å². The second kappa shape index (κ2) is 3.62. The van der Waals surface area contributed by atoms with Crippen LogP contribution in [0.4, 0.5) is 14.6 Å². The zero-order chi connectivity index (χ0) is 11.0. The van der Waals surface area contributed by atoms with Crippen molar-refractivity contribution in [3.63, 3.8) is 0 Å². The summed E-state index contributed by atoms with van der Waals surface area (Å²) in [7, 11) is 0. The number of halogens is 3. The van der Waals surface area contributed by atoms with Gasteiger partial charge < -0.3 is 5.73 Å². The van der Waals surface area contributed by atoms with Crippen molar-refractivity contribution in [1.29, 1.82) is 0 Å². The van der Waals surface area contributed by atoms with Crippen LogP contribution in [0.1, 0.15) is 0 Å². The largest absolute Gasteiger partial charge is 0.382 e. The van der Waals surface area contributed by atoms with E-state index in [1.165, 1.54) is 18.2 Å². The molecule has 78 valence electrons. The minimum atomic E-state index is -0.668. The number of nitrogens with one attached hydrogen (secondary N) is 1. The summed E-state index contributed by atoms with van der Waals surface area (Å²) in [6.45, 7) is 0. The second-order valence-electron chi connectivity index (χ2n) is 2.96. The molecule has 1 heterocycles. The predicted octanol–water partition coefficient (Wildman–Crippen LogP) is 2.70. The van der Waals surface area contributed by atoms with Gasteiger partial charge in [-0.05, 0) is 28.1 Å². The molecule has 0 bridgehead atoms. The molecule has 0 aliphatic rings. The Balaban J connectivity index is 2.55. The maximum Gasteiger partial charge on any atom is 0.145 e. The molecule has 6 heteroatoms. The molecule has 0 radical (unpaired) electrons. The van der Waals surface area contributed by atoms with Crippen LogP contribution < -0.4 is 5.73 Å². The van der Waals surface area contributed by atoms with Crippen molar-refractivity contribution in [3.8, 4) is 11.3 Å². The average Bonchev–Trinajstić information content (AvgIpc) is 2.60. The molecule has 0 unspecified atom stereocenters. The number of anilines is 1. The molecule has 0 aliphatic heterocycles. The molecule has 0 saturated carbocycles. The molecule has 1 aromatic heterocycles. The van der Waals surface area contributed by atoms with E-state index in [2.05, 4.69) is 26.1 Å². The standard InChI is InChI=1S/C9H6BrF2N3/c10-9-5(11)1-4(2-6(9)12)7-3-8(13)15-14-7/h1-3H,(H3,13,14,15). The molecule has 15 heavy (non-hydrogen) atoms. The molecule has 0 spiro atoms. The summed E-state index contributed by atoms with van der Waals surface area (Å²) >= 11 is 2.79. The summed E-state index contributed by atoms with van der Waals surface area (Å²) < 4.78 is 26.2. The van der Waals surface area contributed by atoms with E-state index in [0.717, 1.165) is 0 Å². The molecule has 3 nitrogen and oxygen atoms in total. The van der Waals surface area contributed by atoms with Gasteiger partial charge in [-0.25, -0.2) is 8.78 Å². The van der Waals surface area contributed by atoms with Gasteiger partial charge >= 0.3 is 0 Å². The van der Waals surface area contributed by atoms with E-state index in [4.69, 9.17) is 5.73 Å². The molecule has 0 atom stereocenters. The molecular weight excluding hydrogens is 268 g/mol. The highest BCUT2D eigenvalue weighted by atomic mass is 79.9. The Morgan fingerprint density at radius 3 is 2.27 bits per heavy atom. The molecule has 2 aromatic rings. The van der Waals surface area contributed by atoms with Crippen molar-refractivity contribution in [2.24, 2.45) is 0 Å². The van der Waals surface area contributed by atoms with E-state index in [1.54, 1.807) is 0 Å². The lowest BCUT2D eigenvalue weighted by molar-refractivity contribution is 0.572. The number of H-pyrrole nitrogens is 1. The van der Waals surface area contributed by atoms with Crippen LogP contribution in [-0.4, -0.2) is 10.2 Å². The SMILES string of the molecule is Nc1cc(-c2cc(F)c(Br)c(F)c2)[nH]n1. The van der Waals surface area contributed by atoms with Gasteiger partial charge in [-0.15, -0.1) is 0 Å². The van der Waals surface area contributed by atoms with Crippen molar-refractivity contribution in [2.75, 3.05) is 5.73 Å². The van der Waals surface area contributed by atoms with E-state index in [1.807, 2.05) is 0 Å². The number of benzene rings is 1. The maximum atomic E-state index is 13.2. The highest BCUT2D eigenvalue weighted by molar-refractivity contribution is 9.10. The zero-order valence-corrected chi connectivity index (χ0v) is 8.98. The van der Waals surface area contributed by atoms with E-state index < -0.39 is 11.6 Å². The number of hydrogen-bond acceptors (Lipinski definition) is 2. The van der Waals surface area contributed by atoms with Crippen LogP contribution in [-0.2, 0) is 0 Å². The monoisotopic (exact) mass is 273 g/mol. The lowest BCUT2D eigenvalue weighted by atomic mass is 10.1. The lowest BCUT2D eigenvalue weighted by Crippen LogP contribution is -1.87. The number of rotatable bonds is 1. The highest BCUT2D eigenvalue weighted by Crippen LogP contribution is 2.26. The van der Waals surface area contributed by atoms with Gasteiger partial charge in [-0.2, -0.15) is 5.10 Å². The summed E-state index contributed by atoms with van der Waals surface area (Å²) in [5.41, 5.74) is 6.21. The number of hydrogen-bond donors (Lipinski definition) is 2. The van der Waals surface area contributed by atoms with Crippen molar-refractivity contribution in [1.82, 2.24) is 10.2 Å². The first-order valence-corrected chi connectivity index (χ1v) is 4.83. The Kier molecular flexibility index (Phi) is 2.44. The second-order valence-corrected chi connectivity index (χ2v) is 3.75. The van der Waals surface area contributed by atoms with Crippen LogP contribution in [0.15, 0.2) is 22.7 Å². The maximum absolute atomic E-state index is 13.2. The average molecular weight is 274 g/mol. The van der Waals surface area contributed by atoms with Crippen molar-refractivity contribution in [3.05, 3.63) is 34.3 Å². The molecule has 0 saturated heterocycles. The van der Waals surface area contributed by atoms with Crippen molar-refractivity contribution >= 4 is 21.7 Å². The van der Waals surface area contributed by atoms with Crippen LogP contribution >= 0.6 is 15.9 Å². The van der Waals surface area contributed by atoms with Crippen LogP contribution in [0.25, 0.3) is 11.3 Å². The Hall–Kier alpha value is -1.43. The quantitative estimate of drug-likeness (QED) is 0.785. The lowest BCUT2D eigenvalue weighted by Gasteiger charge is -2.01. The number of nitrogens with zero attached hydrogens (tertiary/aromatic N) is 1. The van der Waals surface area contributed by atoms with Gasteiger partial charge in [-0.1, -0.05) is 0 Å². The summed E-state index contributed by atoms with van der Waals surface area (Å²) in [5.74, 6) is -1.06. The smallest absolute Gasteiger partial charge is 0.145 e. The predicted molar refractivity (Wildman–Crippen MR) is 56.1 cm³/mol. The van der Waals surface area contributed by atoms with Gasteiger partial charge in [0.15, 0.2) is 0 Å². The summed E-state index contributed by atoms with van der Waals surface area (Å²) in [6, 6.07) is 3.89. The van der Waals surface area contributed by atoms with Gasteiger partial charge in [0.25, 0.3) is 0 Å².